The average molecular weight is 476 g/mol. The number of hydrogen-bond acceptors (Lipinski definition) is 4. The van der Waals surface area contributed by atoms with E-state index in [1.807, 2.05) is 53.0 Å². The fourth-order valence-corrected chi connectivity index (χ4v) is 4.12. The van der Waals surface area contributed by atoms with Gasteiger partial charge in [-0.15, -0.1) is 0 Å². The van der Waals surface area contributed by atoms with E-state index in [4.69, 9.17) is 4.74 Å². The molecular weight excluding hydrogens is 445 g/mol. The lowest BCUT2D eigenvalue weighted by molar-refractivity contribution is -0.115. The molecule has 2 heterocycles. The van der Waals surface area contributed by atoms with Crippen molar-refractivity contribution in [2.75, 3.05) is 20.2 Å². The van der Waals surface area contributed by atoms with Crippen molar-refractivity contribution in [2.24, 2.45) is 4.99 Å². The van der Waals surface area contributed by atoms with Gasteiger partial charge in [0, 0.05) is 32.8 Å². The first kappa shape index (κ1) is 24.3. The van der Waals surface area contributed by atoms with Crippen molar-refractivity contribution in [1.82, 2.24) is 19.6 Å². The lowest BCUT2D eigenvalue weighted by atomic mass is 10.1. The monoisotopic (exact) mass is 475 g/mol. The zero-order chi connectivity index (χ0) is 24.8. The van der Waals surface area contributed by atoms with Crippen LogP contribution in [0.5, 0.6) is 5.75 Å². The Morgan fingerprint density at radius 2 is 1.94 bits per heavy atom. The van der Waals surface area contributed by atoms with Crippen LogP contribution < -0.4 is 4.74 Å². The van der Waals surface area contributed by atoms with Gasteiger partial charge in [-0.05, 0) is 61.2 Å². The highest BCUT2D eigenvalue weighted by Crippen LogP contribution is 2.25. The van der Waals surface area contributed by atoms with Gasteiger partial charge in [-0.25, -0.2) is 14.4 Å². The number of imidazole rings is 1. The molecule has 7 nitrogen and oxygen atoms in total. The molecule has 1 aliphatic heterocycles. The van der Waals surface area contributed by atoms with Crippen molar-refractivity contribution in [1.29, 1.82) is 0 Å². The van der Waals surface area contributed by atoms with Crippen LogP contribution in [0.3, 0.4) is 0 Å². The highest BCUT2D eigenvalue weighted by Gasteiger charge is 2.22. The quantitative estimate of drug-likeness (QED) is 0.379. The molecule has 0 unspecified atom stereocenters. The van der Waals surface area contributed by atoms with Crippen molar-refractivity contribution in [3.05, 3.63) is 83.7 Å². The molecule has 0 aliphatic carbocycles. The second-order valence-electron chi connectivity index (χ2n) is 8.52. The minimum absolute atomic E-state index is 0.254. The fourth-order valence-electron chi connectivity index (χ4n) is 4.12. The van der Waals surface area contributed by atoms with Gasteiger partial charge >= 0.3 is 0 Å². The molecule has 0 saturated carbocycles. The summed E-state index contributed by atoms with van der Waals surface area (Å²) in [7, 11) is 1.64. The average Bonchev–Trinajstić information content (AvgIpc) is 3.29. The second kappa shape index (κ2) is 11.1. The van der Waals surface area contributed by atoms with E-state index >= 15 is 0 Å². The maximum absolute atomic E-state index is 13.3. The predicted octanol–water partition coefficient (Wildman–Crippen LogP) is 4.80. The summed E-state index contributed by atoms with van der Waals surface area (Å²) in [5.74, 6) is 0.772. The number of hydrogen-bond donors (Lipinski definition) is 0. The lowest BCUT2D eigenvalue weighted by Crippen LogP contribution is -2.49. The molecule has 1 amide bonds. The van der Waals surface area contributed by atoms with Crippen LogP contribution in [0.15, 0.2) is 66.1 Å². The fraction of sp³-hybridized carbons (Fsp3) is 0.296. The Morgan fingerprint density at radius 3 is 2.63 bits per heavy atom. The van der Waals surface area contributed by atoms with Gasteiger partial charge < -0.3 is 9.30 Å². The number of hydrazine groups is 1. The summed E-state index contributed by atoms with van der Waals surface area (Å²) < 4.78 is 20.9. The Labute approximate surface area is 205 Å². The molecule has 3 aromatic rings. The first-order valence-electron chi connectivity index (χ1n) is 11.7. The predicted molar refractivity (Wildman–Crippen MR) is 135 cm³/mol. The van der Waals surface area contributed by atoms with Gasteiger partial charge in [0.2, 0.25) is 5.91 Å². The molecule has 8 heteroatoms. The van der Waals surface area contributed by atoms with E-state index < -0.39 is 0 Å². The number of benzene rings is 2. The highest BCUT2D eigenvalue weighted by atomic mass is 19.1. The number of ether oxygens (including phenoxy) is 1. The van der Waals surface area contributed by atoms with Crippen molar-refractivity contribution in [2.45, 2.75) is 33.2 Å². The van der Waals surface area contributed by atoms with E-state index in [0.29, 0.717) is 18.1 Å². The molecule has 182 valence electrons. The van der Waals surface area contributed by atoms with Crippen molar-refractivity contribution in [3.63, 3.8) is 0 Å². The molecule has 0 spiro atoms. The molecule has 0 bridgehead atoms. The van der Waals surface area contributed by atoms with Gasteiger partial charge in [0.05, 0.1) is 24.8 Å². The smallest absolute Gasteiger partial charge is 0.244 e. The lowest BCUT2D eigenvalue weighted by Gasteiger charge is -2.40. The van der Waals surface area contributed by atoms with Crippen molar-refractivity contribution in [3.8, 4) is 11.4 Å². The number of methoxy groups -OCH3 is 1. The van der Waals surface area contributed by atoms with Gasteiger partial charge in [0.1, 0.15) is 17.4 Å². The van der Waals surface area contributed by atoms with Crippen LogP contribution >= 0.6 is 0 Å². The topological polar surface area (TPSA) is 63.0 Å². The summed E-state index contributed by atoms with van der Waals surface area (Å²) >= 11 is 0. The van der Waals surface area contributed by atoms with Gasteiger partial charge in [0.15, 0.2) is 0 Å². The van der Waals surface area contributed by atoms with Crippen LogP contribution in [-0.4, -0.2) is 51.5 Å². The number of aliphatic imine (C=N–C) groups is 1. The number of aryl methyl sites for hydroxylation is 1. The molecule has 1 fully saturated rings. The minimum atomic E-state index is -0.264. The molecule has 1 aromatic heterocycles. The van der Waals surface area contributed by atoms with E-state index in [1.54, 1.807) is 25.6 Å². The van der Waals surface area contributed by atoms with Gasteiger partial charge in [0.25, 0.3) is 0 Å². The summed E-state index contributed by atoms with van der Waals surface area (Å²) in [6.45, 7) is 5.58. The summed E-state index contributed by atoms with van der Waals surface area (Å²) in [5.41, 5.74) is 3.73. The van der Waals surface area contributed by atoms with Crippen LogP contribution in [0.2, 0.25) is 0 Å². The number of nitrogens with zero attached hydrogens (tertiary/aromatic N) is 5. The molecule has 35 heavy (non-hydrogen) atoms. The van der Waals surface area contributed by atoms with Crippen LogP contribution in [0.4, 0.5) is 4.39 Å². The highest BCUT2D eigenvalue weighted by molar-refractivity contribution is 6.02. The molecule has 1 aliphatic rings. The van der Waals surface area contributed by atoms with Crippen LogP contribution in [-0.2, 0) is 11.3 Å². The number of aromatic nitrogens is 2. The summed E-state index contributed by atoms with van der Waals surface area (Å²) in [6.07, 6.45) is 9.53. The van der Waals surface area contributed by atoms with Crippen LogP contribution in [0.1, 0.15) is 36.6 Å². The van der Waals surface area contributed by atoms with Gasteiger partial charge in [-0.1, -0.05) is 24.3 Å². The Bertz CT molecular complexity index is 1230. The number of carbonyl (C=O) groups excluding carboxylic acids is 1. The normalized spacial score (nSPS) is 15.1. The summed E-state index contributed by atoms with van der Waals surface area (Å²) in [5, 5.41) is 4.21. The number of halogens is 1. The molecule has 0 atom stereocenters. The molecule has 0 N–H and O–H groups in total. The maximum atomic E-state index is 13.3. The largest absolute Gasteiger partial charge is 0.495 e. The Hall–Kier alpha value is -3.78. The number of rotatable bonds is 6. The Kier molecular flexibility index (Phi) is 7.72. The third-order valence-corrected chi connectivity index (χ3v) is 5.81. The zero-order valence-electron chi connectivity index (χ0n) is 20.3. The maximum Gasteiger partial charge on any atom is 0.244 e. The molecule has 2 aromatic carbocycles. The number of carbonyl (C=O) groups is 1. The van der Waals surface area contributed by atoms with Gasteiger partial charge in [-0.3, -0.25) is 9.80 Å². The number of amidine groups is 1. The van der Waals surface area contributed by atoms with Crippen molar-refractivity contribution < 1.29 is 13.9 Å². The zero-order valence-corrected chi connectivity index (χ0v) is 20.3. The van der Waals surface area contributed by atoms with Gasteiger partial charge in [-0.2, -0.15) is 4.99 Å². The second-order valence-corrected chi connectivity index (χ2v) is 8.52. The SMILES string of the molecule is COc1cc(/C=C/C(=NC(C)=O)N2CCCCN2Cc2ccc(F)cc2)ccc1-n1cnc(C)c1. The van der Waals surface area contributed by atoms with E-state index in [9.17, 15) is 9.18 Å². The molecule has 4 rings (SSSR count). The number of amides is 1. The first-order valence-corrected chi connectivity index (χ1v) is 11.7. The third kappa shape index (κ3) is 6.22. The Morgan fingerprint density at radius 1 is 1.17 bits per heavy atom. The minimum Gasteiger partial charge on any atom is -0.495 e. The standard InChI is InChI=1S/C27H30FN5O2/c1-20-17-31(19-29-20)25-12-8-22(16-26(25)35-3)9-13-27(30-21(2)34)33-15-5-4-14-32(33)18-23-6-10-24(28)11-7-23/h6-13,16-17,19H,4-5,14-15,18H2,1-3H3/b13-9+,30-27?. The third-order valence-electron chi connectivity index (χ3n) is 5.81. The molecular formula is C27H30FN5O2. The van der Waals surface area contributed by atoms with Crippen LogP contribution in [0.25, 0.3) is 11.8 Å². The van der Waals surface area contributed by atoms with E-state index in [2.05, 4.69) is 15.0 Å². The van der Waals surface area contributed by atoms with E-state index in [-0.39, 0.29) is 11.7 Å². The van der Waals surface area contributed by atoms with E-state index in [0.717, 1.165) is 48.4 Å². The first-order chi connectivity index (χ1) is 16.9. The molecule has 0 radical (unpaired) electrons. The van der Waals surface area contributed by atoms with Crippen LogP contribution in [0, 0.1) is 12.7 Å². The Balaban J connectivity index is 1.59. The molecule has 1 saturated heterocycles. The summed E-state index contributed by atoms with van der Waals surface area (Å²) in [6, 6.07) is 12.4. The van der Waals surface area contributed by atoms with E-state index in [1.165, 1.54) is 19.1 Å². The van der Waals surface area contributed by atoms with Crippen molar-refractivity contribution >= 4 is 17.8 Å². The summed E-state index contributed by atoms with van der Waals surface area (Å²) in [4.78, 5) is 20.6.